The molecule has 7 nitrogen and oxygen atoms in total. The summed E-state index contributed by atoms with van der Waals surface area (Å²) in [6.45, 7) is 2.51. The van der Waals surface area contributed by atoms with Gasteiger partial charge >= 0.3 is 0 Å². The zero-order valence-corrected chi connectivity index (χ0v) is 14.1. The maximum Gasteiger partial charge on any atom is 0.212 e. The van der Waals surface area contributed by atoms with Crippen LogP contribution in [0.25, 0.3) is 11.0 Å². The van der Waals surface area contributed by atoms with Crippen LogP contribution in [0.1, 0.15) is 18.7 Å². The number of nitrogens with two attached hydrogens (primary N) is 1. The second kappa shape index (κ2) is 6.01. The van der Waals surface area contributed by atoms with Crippen LogP contribution in [0.2, 0.25) is 0 Å². The number of benzene rings is 2. The molecule has 3 aromatic rings. The first-order chi connectivity index (χ1) is 12.2. The highest BCUT2D eigenvalue weighted by Gasteiger charge is 2.25. The van der Waals surface area contributed by atoms with Crippen molar-refractivity contribution < 1.29 is 9.47 Å². The maximum atomic E-state index is 5.98. The molecule has 2 heterocycles. The Kier molecular flexibility index (Phi) is 3.68. The van der Waals surface area contributed by atoms with Crippen LogP contribution in [-0.4, -0.2) is 29.2 Å². The number of nitrogens with zero attached hydrogens (tertiary/aromatic N) is 3. The highest BCUT2D eigenvalue weighted by atomic mass is 16.5. The highest BCUT2D eigenvalue weighted by Crippen LogP contribution is 2.36. The average molecular weight is 337 g/mol. The number of anilines is 1. The number of methoxy groups -OCH3 is 1. The second-order valence-corrected chi connectivity index (χ2v) is 5.65. The van der Waals surface area contributed by atoms with Crippen LogP contribution in [-0.2, 0) is 0 Å². The predicted octanol–water partition coefficient (Wildman–Crippen LogP) is 2.73. The van der Waals surface area contributed by atoms with Crippen LogP contribution in [0, 0.1) is 0 Å². The molecule has 25 heavy (non-hydrogen) atoms. The number of aliphatic imine (C=N–C) groups is 1. The fraction of sp³-hybridized carbons (Fsp3) is 0.222. The van der Waals surface area contributed by atoms with Gasteiger partial charge in [-0.3, -0.25) is 9.88 Å². The molecule has 0 radical (unpaired) electrons. The van der Waals surface area contributed by atoms with E-state index in [1.807, 2.05) is 54.0 Å². The van der Waals surface area contributed by atoms with Gasteiger partial charge in [-0.05, 0) is 31.2 Å². The molecule has 3 N–H and O–H groups in total. The number of nitrogens with one attached hydrogen (secondary N) is 1. The van der Waals surface area contributed by atoms with E-state index in [2.05, 4.69) is 15.3 Å². The lowest BCUT2D eigenvalue weighted by molar-refractivity contribution is 0.310. The lowest BCUT2D eigenvalue weighted by Gasteiger charge is -2.24. The molecule has 0 saturated carbocycles. The molecular formula is C18H19N5O2. The summed E-state index contributed by atoms with van der Waals surface area (Å²) < 4.78 is 13.1. The summed E-state index contributed by atoms with van der Waals surface area (Å²) in [5, 5.41) is 3.03. The molecule has 0 spiro atoms. The summed E-state index contributed by atoms with van der Waals surface area (Å²) in [6, 6.07) is 13.7. The zero-order valence-electron chi connectivity index (χ0n) is 14.1. The van der Waals surface area contributed by atoms with E-state index in [1.165, 1.54) is 0 Å². The quantitative estimate of drug-likeness (QED) is 0.764. The number of rotatable bonds is 4. The van der Waals surface area contributed by atoms with Gasteiger partial charge in [0.1, 0.15) is 0 Å². The minimum atomic E-state index is -0.326. The molecule has 0 fully saturated rings. The first-order valence-electron chi connectivity index (χ1n) is 8.09. The van der Waals surface area contributed by atoms with Crippen molar-refractivity contribution in [2.24, 2.45) is 10.7 Å². The van der Waals surface area contributed by atoms with Crippen molar-refractivity contribution in [3.63, 3.8) is 0 Å². The molecule has 0 aliphatic carbocycles. The molecule has 128 valence electrons. The summed E-state index contributed by atoms with van der Waals surface area (Å²) >= 11 is 0. The third-order valence-electron chi connectivity index (χ3n) is 4.13. The maximum absolute atomic E-state index is 5.98. The molecule has 7 heteroatoms. The Morgan fingerprint density at radius 2 is 2.04 bits per heavy atom. The van der Waals surface area contributed by atoms with Gasteiger partial charge in [-0.1, -0.05) is 18.2 Å². The van der Waals surface area contributed by atoms with Gasteiger partial charge in [0.15, 0.2) is 23.6 Å². The molecule has 1 atom stereocenters. The van der Waals surface area contributed by atoms with E-state index in [4.69, 9.17) is 15.2 Å². The molecule has 0 amide bonds. The molecule has 1 aliphatic heterocycles. The monoisotopic (exact) mass is 337 g/mol. The van der Waals surface area contributed by atoms with Crippen molar-refractivity contribution in [2.75, 3.05) is 19.0 Å². The van der Waals surface area contributed by atoms with Gasteiger partial charge in [-0.25, -0.2) is 9.98 Å². The van der Waals surface area contributed by atoms with E-state index in [0.29, 0.717) is 30.0 Å². The van der Waals surface area contributed by atoms with Crippen molar-refractivity contribution in [2.45, 2.75) is 13.1 Å². The van der Waals surface area contributed by atoms with Crippen molar-refractivity contribution in [3.8, 4) is 11.5 Å². The van der Waals surface area contributed by atoms with Gasteiger partial charge in [0.25, 0.3) is 0 Å². The normalized spacial score (nSPS) is 16.1. The van der Waals surface area contributed by atoms with Crippen LogP contribution in [0.3, 0.4) is 0 Å². The van der Waals surface area contributed by atoms with Gasteiger partial charge in [-0.15, -0.1) is 0 Å². The van der Waals surface area contributed by atoms with Gasteiger partial charge in [0.2, 0.25) is 5.95 Å². The Morgan fingerprint density at radius 1 is 1.20 bits per heavy atom. The molecular weight excluding hydrogens is 318 g/mol. The predicted molar refractivity (Wildman–Crippen MR) is 97.3 cm³/mol. The molecule has 0 unspecified atom stereocenters. The van der Waals surface area contributed by atoms with Crippen LogP contribution in [0.15, 0.2) is 47.5 Å². The van der Waals surface area contributed by atoms with Crippen LogP contribution < -0.4 is 20.5 Å². The lowest BCUT2D eigenvalue weighted by atomic mass is 10.1. The third-order valence-corrected chi connectivity index (χ3v) is 4.13. The van der Waals surface area contributed by atoms with Gasteiger partial charge in [0, 0.05) is 5.56 Å². The fourth-order valence-corrected chi connectivity index (χ4v) is 3.06. The van der Waals surface area contributed by atoms with E-state index in [-0.39, 0.29) is 6.17 Å². The molecule has 2 aromatic carbocycles. The highest BCUT2D eigenvalue weighted by molar-refractivity contribution is 5.94. The topological polar surface area (TPSA) is 86.7 Å². The summed E-state index contributed by atoms with van der Waals surface area (Å²) in [5.74, 6) is 2.38. The molecule has 1 aromatic heterocycles. The Bertz CT molecular complexity index is 963. The summed E-state index contributed by atoms with van der Waals surface area (Å²) in [6.07, 6.45) is -0.326. The average Bonchev–Trinajstić information content (AvgIpc) is 2.99. The third kappa shape index (κ3) is 2.53. The summed E-state index contributed by atoms with van der Waals surface area (Å²) in [5.41, 5.74) is 8.79. The van der Waals surface area contributed by atoms with E-state index in [9.17, 15) is 0 Å². The Balaban J connectivity index is 1.86. The first kappa shape index (κ1) is 15.3. The number of guanidine groups is 1. The second-order valence-electron chi connectivity index (χ2n) is 5.65. The van der Waals surface area contributed by atoms with Crippen LogP contribution >= 0.6 is 0 Å². The smallest absolute Gasteiger partial charge is 0.212 e. The number of aromatic nitrogens is 2. The number of imidazole rings is 1. The first-order valence-corrected chi connectivity index (χ1v) is 8.09. The molecule has 0 saturated heterocycles. The van der Waals surface area contributed by atoms with Crippen molar-refractivity contribution in [1.82, 2.24) is 9.55 Å². The minimum absolute atomic E-state index is 0.326. The van der Waals surface area contributed by atoms with Crippen molar-refractivity contribution in [3.05, 3.63) is 48.0 Å². The number of hydrogen-bond donors (Lipinski definition) is 2. The SMILES string of the molecule is CCOc1ccc([C@@H]2N=C(N)Nc3nc4ccccc4n32)cc1OC. The van der Waals surface area contributed by atoms with Crippen LogP contribution in [0.5, 0.6) is 11.5 Å². The number of fused-ring (bicyclic) bond motifs is 3. The van der Waals surface area contributed by atoms with Crippen molar-refractivity contribution >= 4 is 22.9 Å². The van der Waals surface area contributed by atoms with Gasteiger partial charge < -0.3 is 15.2 Å². The van der Waals surface area contributed by atoms with E-state index in [0.717, 1.165) is 16.6 Å². The molecule has 1 aliphatic rings. The standard InChI is InChI=1S/C18H19N5O2/c1-3-25-14-9-8-11(10-15(14)24-2)16-21-17(19)22-18-20-12-6-4-5-7-13(12)23(16)18/h4-10,16H,3H2,1-2H3,(H3,19,20,21,22)/t16-/m1/s1. The largest absolute Gasteiger partial charge is 0.493 e. The van der Waals surface area contributed by atoms with E-state index in [1.54, 1.807) is 7.11 Å². The molecule has 4 rings (SSSR count). The number of ether oxygens (including phenoxy) is 2. The van der Waals surface area contributed by atoms with Crippen molar-refractivity contribution in [1.29, 1.82) is 0 Å². The fourth-order valence-electron chi connectivity index (χ4n) is 3.06. The Morgan fingerprint density at radius 3 is 2.84 bits per heavy atom. The minimum Gasteiger partial charge on any atom is -0.493 e. The summed E-state index contributed by atoms with van der Waals surface area (Å²) in [7, 11) is 1.62. The Hall–Kier alpha value is -3.22. The van der Waals surface area contributed by atoms with E-state index < -0.39 is 0 Å². The lowest BCUT2D eigenvalue weighted by Crippen LogP contribution is -2.31. The summed E-state index contributed by atoms with van der Waals surface area (Å²) in [4.78, 5) is 9.18. The van der Waals surface area contributed by atoms with Gasteiger partial charge in [0.05, 0.1) is 24.8 Å². The Labute approximate surface area is 145 Å². The molecule has 0 bridgehead atoms. The number of hydrogen-bond acceptors (Lipinski definition) is 6. The zero-order chi connectivity index (χ0) is 17.4. The van der Waals surface area contributed by atoms with Crippen LogP contribution in [0.4, 0.5) is 5.95 Å². The van der Waals surface area contributed by atoms with E-state index >= 15 is 0 Å². The van der Waals surface area contributed by atoms with Gasteiger partial charge in [-0.2, -0.15) is 0 Å². The number of para-hydroxylation sites is 2.